The highest BCUT2D eigenvalue weighted by Gasteiger charge is 2.24. The molecular weight excluding hydrogens is 817 g/mol. The minimum atomic E-state index is -5.01. The molecule has 3 aromatic rings. The molecule has 23 nitrogen and oxygen atoms in total. The molecule has 0 saturated carbocycles. The summed E-state index contributed by atoms with van der Waals surface area (Å²) in [5, 5.41) is 27.4. The van der Waals surface area contributed by atoms with Crippen molar-refractivity contribution in [2.75, 3.05) is 30.9 Å². The van der Waals surface area contributed by atoms with Gasteiger partial charge in [-0.1, -0.05) is 0 Å². The summed E-state index contributed by atoms with van der Waals surface area (Å²) in [7, 11) is -17.9. The first-order chi connectivity index (χ1) is 24.4. The lowest BCUT2D eigenvalue weighted by molar-refractivity contribution is -0.135. The van der Waals surface area contributed by atoms with Gasteiger partial charge in [0.05, 0.1) is 41.3 Å². The zero-order chi connectivity index (χ0) is 39.9. The Morgan fingerprint density at radius 2 is 1.49 bits per heavy atom. The molecule has 0 radical (unpaired) electrons. The van der Waals surface area contributed by atoms with Crippen LogP contribution in [0.25, 0.3) is 0 Å². The van der Waals surface area contributed by atoms with E-state index in [0.717, 1.165) is 24.3 Å². The average Bonchev–Trinajstić information content (AvgIpc) is 3.02. The second-order valence-electron chi connectivity index (χ2n) is 9.68. The van der Waals surface area contributed by atoms with E-state index in [1.807, 2.05) is 0 Å². The number of anilines is 2. The molecule has 3 aromatic carbocycles. The van der Waals surface area contributed by atoms with E-state index in [2.05, 4.69) is 39.1 Å². The first kappa shape index (κ1) is 42.5. The van der Waals surface area contributed by atoms with Crippen molar-refractivity contribution in [1.29, 1.82) is 0 Å². The van der Waals surface area contributed by atoms with Crippen LogP contribution >= 0.6 is 11.8 Å². The second-order valence-corrected chi connectivity index (χ2v) is 16.1. The molecule has 0 aliphatic rings. The number of hydrogen-bond acceptors (Lipinski definition) is 20. The fourth-order valence-electron chi connectivity index (χ4n) is 3.89. The van der Waals surface area contributed by atoms with E-state index >= 15 is 0 Å². The number of carbonyl (C=O) groups is 1. The summed E-state index contributed by atoms with van der Waals surface area (Å²) in [6.07, 6.45) is 1.73. The smallest absolute Gasteiger partial charge is 0.433 e. The molecule has 0 amide bonds. The first-order valence-corrected chi connectivity index (χ1v) is 20.0. The highest BCUT2D eigenvalue weighted by Crippen LogP contribution is 2.43. The van der Waals surface area contributed by atoms with E-state index in [1.54, 1.807) is 6.11 Å². The number of rotatable bonds is 15. The van der Waals surface area contributed by atoms with E-state index in [0.29, 0.717) is 11.8 Å². The maximum absolute atomic E-state index is 12.8. The van der Waals surface area contributed by atoms with E-state index in [1.165, 1.54) is 26.2 Å². The molecule has 0 bridgehead atoms. The molecule has 0 spiro atoms. The van der Waals surface area contributed by atoms with Gasteiger partial charge < -0.3 is 21.3 Å². The number of aryl methyl sites for hydroxylation is 1. The van der Waals surface area contributed by atoms with Crippen molar-refractivity contribution in [3.05, 3.63) is 47.5 Å². The Morgan fingerprint density at radius 1 is 0.849 bits per heavy atom. The Balaban J connectivity index is 2.03. The molecule has 28 heteroatoms. The van der Waals surface area contributed by atoms with Crippen LogP contribution in [0.5, 0.6) is 5.75 Å². The molecule has 0 aliphatic carbocycles. The lowest BCUT2D eigenvalue weighted by atomic mass is 10.1. The van der Waals surface area contributed by atoms with Gasteiger partial charge >= 0.3 is 26.8 Å². The number of carboxylic acids is 1. The minimum absolute atomic E-state index is 0.0305. The number of nitrogens with zero attached hydrogens (tertiary/aromatic N) is 4. The Labute approximate surface area is 304 Å². The van der Waals surface area contributed by atoms with Crippen LogP contribution in [0.15, 0.2) is 71.5 Å². The summed E-state index contributed by atoms with van der Waals surface area (Å²) in [6.45, 7) is 0.482. The van der Waals surface area contributed by atoms with Crippen molar-refractivity contribution in [3.63, 3.8) is 0 Å². The van der Waals surface area contributed by atoms with Crippen LogP contribution in [0, 0.1) is 18.3 Å². The van der Waals surface area contributed by atoms with E-state index < -0.39 is 86.6 Å². The van der Waals surface area contributed by atoms with Gasteiger partial charge in [0.1, 0.15) is 33.4 Å². The number of nitrogen functional groups attached to an aromatic ring is 2. The van der Waals surface area contributed by atoms with Crippen molar-refractivity contribution in [1.82, 2.24) is 0 Å². The van der Waals surface area contributed by atoms with Gasteiger partial charge in [-0.3, -0.25) is 18.5 Å². The zero-order valence-electron chi connectivity index (χ0n) is 26.5. The van der Waals surface area contributed by atoms with Crippen LogP contribution in [0.4, 0.5) is 34.1 Å². The SMILES string of the molecule is COc1cc(S(=O)(=O)CCOS(=O)(=O)O)c(C)cc1N=Nc1c(N)cc(C(=O)O)c(N=Nc2ccc(SC#COOS(=O)(=O)O)cc2S(=O)(=O)O)c1N. The lowest BCUT2D eigenvalue weighted by Gasteiger charge is -2.12. The number of thioether (sulfide) groups is 1. The normalized spacial score (nSPS) is 12.5. The fraction of sp³-hybridized carbons (Fsp3) is 0.160. The van der Waals surface area contributed by atoms with Gasteiger partial charge in [0, 0.05) is 16.2 Å². The molecule has 3 rings (SSSR count). The Kier molecular flexibility index (Phi) is 13.5. The number of benzene rings is 3. The van der Waals surface area contributed by atoms with E-state index in [9.17, 15) is 48.1 Å². The third-order valence-corrected chi connectivity index (χ3v) is 10.1. The van der Waals surface area contributed by atoms with Gasteiger partial charge in [-0.25, -0.2) is 17.4 Å². The molecule has 0 saturated heterocycles. The first-order valence-electron chi connectivity index (χ1n) is 13.4. The summed E-state index contributed by atoms with van der Waals surface area (Å²) in [4.78, 5) is 14.9. The third-order valence-electron chi connectivity index (χ3n) is 6.06. The standard InChI is InChI=1S/C25H24N6O17S5/c1-13-9-18(19(45-2)12-20(13)50(34,35)8-6-47-52(39,40)41)29-31-24-16(26)11-15(25(32)33)23(22(24)27)30-28-17-4-3-14(10-21(17)51(36,37)38)49-7-5-46-48-53(42,43)44/h3-4,9-12H,6,8,26-27H2,1-2H3,(H,32,33)(H,36,37,38)(H,39,40,41)(H,42,43,44). The highest BCUT2D eigenvalue weighted by molar-refractivity contribution is 8.04. The summed E-state index contributed by atoms with van der Waals surface area (Å²) in [6, 6.07) is 6.29. The lowest BCUT2D eigenvalue weighted by Crippen LogP contribution is -2.16. The van der Waals surface area contributed by atoms with Crippen molar-refractivity contribution in [2.24, 2.45) is 20.5 Å². The van der Waals surface area contributed by atoms with Crippen molar-refractivity contribution in [2.45, 2.75) is 21.6 Å². The average molecular weight is 841 g/mol. The fourth-order valence-corrected chi connectivity index (χ4v) is 7.00. The van der Waals surface area contributed by atoms with Gasteiger partial charge in [-0.05, 0) is 58.9 Å². The maximum atomic E-state index is 12.8. The molecule has 0 aromatic heterocycles. The molecule has 0 heterocycles. The van der Waals surface area contributed by atoms with Crippen molar-refractivity contribution in [3.8, 4) is 17.1 Å². The summed E-state index contributed by atoms with van der Waals surface area (Å²) >= 11 is 0.553. The van der Waals surface area contributed by atoms with E-state index in [4.69, 9.17) is 25.3 Å². The quantitative estimate of drug-likeness (QED) is 0.0243. The number of aromatic carboxylic acids is 1. The van der Waals surface area contributed by atoms with Gasteiger partial charge in [0.2, 0.25) is 0 Å². The van der Waals surface area contributed by atoms with Gasteiger partial charge in [0.15, 0.2) is 15.9 Å². The summed E-state index contributed by atoms with van der Waals surface area (Å²) in [5.41, 5.74) is 9.24. The zero-order valence-corrected chi connectivity index (χ0v) is 30.5. The number of carboxylic acid groups (broad SMARTS) is 1. The van der Waals surface area contributed by atoms with Crippen LogP contribution in [0.3, 0.4) is 0 Å². The number of sulfone groups is 1. The number of nitrogens with two attached hydrogens (primary N) is 2. The maximum Gasteiger partial charge on any atom is 0.433 e. The molecule has 0 aliphatic heterocycles. The molecular formula is C25H24N6O17S5. The Bertz CT molecular complexity index is 2510. The molecule has 0 atom stereocenters. The number of ether oxygens (including phenoxy) is 1. The highest BCUT2D eigenvalue weighted by atomic mass is 32.3. The number of methoxy groups -OCH3 is 1. The molecule has 8 N–H and O–H groups in total. The summed E-state index contributed by atoms with van der Waals surface area (Å²) < 4.78 is 132. The minimum Gasteiger partial charge on any atom is -0.494 e. The summed E-state index contributed by atoms with van der Waals surface area (Å²) in [5.74, 6) is -2.59. The van der Waals surface area contributed by atoms with Crippen LogP contribution in [-0.2, 0) is 54.2 Å². The van der Waals surface area contributed by atoms with Gasteiger partial charge in [0.25, 0.3) is 10.1 Å². The van der Waals surface area contributed by atoms with Crippen LogP contribution < -0.4 is 16.2 Å². The van der Waals surface area contributed by atoms with Crippen LogP contribution in [-0.4, -0.2) is 77.9 Å². The monoisotopic (exact) mass is 840 g/mol. The van der Waals surface area contributed by atoms with Crippen LogP contribution in [0.2, 0.25) is 0 Å². The predicted molar refractivity (Wildman–Crippen MR) is 181 cm³/mol. The van der Waals surface area contributed by atoms with E-state index in [-0.39, 0.29) is 38.2 Å². The molecule has 286 valence electrons. The Hall–Kier alpha value is -4.96. The topological polar surface area (TPSA) is 373 Å². The number of hydrogen-bond donors (Lipinski definition) is 6. The third kappa shape index (κ3) is 12.0. The Morgan fingerprint density at radius 3 is 2.08 bits per heavy atom. The molecule has 53 heavy (non-hydrogen) atoms. The largest absolute Gasteiger partial charge is 0.494 e. The molecule has 0 unspecified atom stereocenters. The van der Waals surface area contributed by atoms with Crippen molar-refractivity contribution < 1.29 is 75.4 Å². The predicted octanol–water partition coefficient (Wildman–Crippen LogP) is 3.30. The second kappa shape index (κ2) is 16.8. The number of azo groups is 2. The van der Waals surface area contributed by atoms with Gasteiger partial charge in [-0.2, -0.15) is 25.3 Å². The van der Waals surface area contributed by atoms with Gasteiger partial charge in [-0.15, -0.1) is 20.5 Å². The molecule has 0 fully saturated rings. The van der Waals surface area contributed by atoms with Crippen molar-refractivity contribution >= 4 is 92.6 Å². The van der Waals surface area contributed by atoms with Crippen LogP contribution in [0.1, 0.15) is 15.9 Å².